The number of carbonyl (C=O) groups excluding carboxylic acids is 1. The van der Waals surface area contributed by atoms with Crippen LogP contribution in [0.1, 0.15) is 24.2 Å². The molecule has 1 heterocycles. The van der Waals surface area contributed by atoms with Gasteiger partial charge >= 0.3 is 0 Å². The Hall–Kier alpha value is -2.20. The summed E-state index contributed by atoms with van der Waals surface area (Å²) in [5.41, 5.74) is 3.37. The predicted molar refractivity (Wildman–Crippen MR) is 118 cm³/mol. The summed E-state index contributed by atoms with van der Waals surface area (Å²) in [6.45, 7) is 4.26. The maximum absolute atomic E-state index is 15.3. The van der Waals surface area contributed by atoms with Crippen LogP contribution < -0.4 is 10.8 Å². The van der Waals surface area contributed by atoms with E-state index in [1.165, 1.54) is 6.33 Å². The Bertz CT molecular complexity index is 1070. The number of aromatic nitrogens is 2. The predicted octanol–water partition coefficient (Wildman–Crippen LogP) is 4.96. The first-order valence-corrected chi connectivity index (χ1v) is 10.3. The highest BCUT2D eigenvalue weighted by Crippen LogP contribution is 2.34. The molecule has 2 N–H and O–H groups in total. The number of benzene rings is 2. The number of amides is 1. The smallest absolute Gasteiger partial charge is 0.277 e. The Morgan fingerprint density at radius 3 is 2.80 bits per heavy atom. The summed E-state index contributed by atoms with van der Waals surface area (Å²) in [6, 6.07) is 6.64. The number of ether oxygens (including phenoxy) is 1. The molecule has 3 aromatic rings. The zero-order chi connectivity index (χ0) is 21.8. The molecule has 0 aliphatic heterocycles. The lowest BCUT2D eigenvalue weighted by Gasteiger charge is -2.15. The van der Waals surface area contributed by atoms with Crippen molar-refractivity contribution in [3.63, 3.8) is 0 Å². The molecule has 0 bridgehead atoms. The van der Waals surface area contributed by atoms with Gasteiger partial charge in [0.25, 0.3) is 5.91 Å². The minimum absolute atomic E-state index is 0.0485. The van der Waals surface area contributed by atoms with Crippen LogP contribution in [0.15, 0.2) is 35.1 Å². The van der Waals surface area contributed by atoms with Crippen molar-refractivity contribution in [1.29, 1.82) is 0 Å². The molecular weight excluding hydrogens is 479 g/mol. The molecule has 0 spiro atoms. The number of halogens is 3. The Balaban J connectivity index is 1.92. The second-order valence-corrected chi connectivity index (χ2v) is 8.11. The number of anilines is 2. The lowest BCUT2D eigenvalue weighted by Crippen LogP contribution is -2.27. The maximum atomic E-state index is 15.3. The topological polar surface area (TPSA) is 77.4 Å². The molecule has 160 valence electrons. The van der Waals surface area contributed by atoms with Gasteiger partial charge in [0, 0.05) is 11.5 Å². The van der Waals surface area contributed by atoms with Crippen LogP contribution in [-0.2, 0) is 16.6 Å². The van der Waals surface area contributed by atoms with E-state index in [0.29, 0.717) is 22.8 Å². The van der Waals surface area contributed by atoms with Gasteiger partial charge in [0.1, 0.15) is 5.52 Å². The van der Waals surface area contributed by atoms with E-state index in [2.05, 4.69) is 31.7 Å². The zero-order valence-corrected chi connectivity index (χ0v) is 19.0. The second kappa shape index (κ2) is 9.74. The Morgan fingerprint density at radius 2 is 2.10 bits per heavy atom. The SMILES string of the molecule is CC(C)OCCONC(=O)c1cc2c(ncn2C)c(F)c1Nc1ccc(Br)cc1Cl. The number of aryl methyl sites for hydroxylation is 1. The molecular formula is C20H21BrClFN4O3. The van der Waals surface area contributed by atoms with E-state index in [1.54, 1.807) is 35.9 Å². The highest BCUT2D eigenvalue weighted by molar-refractivity contribution is 9.10. The van der Waals surface area contributed by atoms with Crippen molar-refractivity contribution in [3.8, 4) is 0 Å². The standard InChI is InChI=1S/C20H21BrClFN4O3/c1-11(2)29-6-7-30-26-20(28)13-9-16-19(24-10-27(16)3)17(23)18(13)25-15-5-4-12(21)8-14(15)22/h4-5,8-11,25H,6-7H2,1-3H3,(H,26,28). The molecule has 3 rings (SSSR count). The monoisotopic (exact) mass is 498 g/mol. The molecule has 0 radical (unpaired) electrons. The van der Waals surface area contributed by atoms with Crippen LogP contribution in [0.5, 0.6) is 0 Å². The van der Waals surface area contributed by atoms with Gasteiger partial charge in [0.2, 0.25) is 0 Å². The number of carbonyl (C=O) groups is 1. The summed E-state index contributed by atoms with van der Waals surface area (Å²) in [6.07, 6.45) is 1.53. The number of hydrogen-bond acceptors (Lipinski definition) is 5. The van der Waals surface area contributed by atoms with Crippen LogP contribution in [0.2, 0.25) is 5.02 Å². The van der Waals surface area contributed by atoms with E-state index in [1.807, 2.05) is 13.8 Å². The third kappa shape index (κ3) is 5.10. The molecule has 0 aliphatic carbocycles. The fraction of sp³-hybridized carbons (Fsp3) is 0.300. The van der Waals surface area contributed by atoms with Gasteiger partial charge in [0.05, 0.1) is 53.1 Å². The summed E-state index contributed by atoms with van der Waals surface area (Å²) < 4.78 is 23.1. The van der Waals surface area contributed by atoms with E-state index in [-0.39, 0.29) is 29.5 Å². The maximum Gasteiger partial charge on any atom is 0.277 e. The molecule has 1 aromatic heterocycles. The van der Waals surface area contributed by atoms with Crippen molar-refractivity contribution >= 4 is 55.8 Å². The van der Waals surface area contributed by atoms with Gasteiger partial charge in [-0.25, -0.2) is 14.9 Å². The number of nitrogens with zero attached hydrogens (tertiary/aromatic N) is 2. The first-order chi connectivity index (χ1) is 14.3. The zero-order valence-electron chi connectivity index (χ0n) is 16.6. The van der Waals surface area contributed by atoms with Crippen LogP contribution in [0.25, 0.3) is 11.0 Å². The first kappa shape index (κ1) is 22.5. The van der Waals surface area contributed by atoms with E-state index >= 15 is 4.39 Å². The minimum Gasteiger partial charge on any atom is -0.376 e. The molecule has 0 aliphatic rings. The van der Waals surface area contributed by atoms with Gasteiger partial charge in [-0.3, -0.25) is 9.63 Å². The summed E-state index contributed by atoms with van der Waals surface area (Å²) in [4.78, 5) is 22.0. The van der Waals surface area contributed by atoms with Crippen LogP contribution >= 0.6 is 27.5 Å². The van der Waals surface area contributed by atoms with E-state index in [4.69, 9.17) is 21.2 Å². The molecule has 0 saturated carbocycles. The molecule has 0 fully saturated rings. The van der Waals surface area contributed by atoms with E-state index in [9.17, 15) is 4.79 Å². The molecule has 1 amide bonds. The van der Waals surface area contributed by atoms with Crippen molar-refractivity contribution in [3.05, 3.63) is 51.5 Å². The van der Waals surface area contributed by atoms with Gasteiger partial charge in [-0.15, -0.1) is 0 Å². The minimum atomic E-state index is -0.666. The number of hydrogen-bond donors (Lipinski definition) is 2. The molecule has 7 nitrogen and oxygen atoms in total. The summed E-state index contributed by atoms with van der Waals surface area (Å²) in [5.74, 6) is -1.28. The molecule has 0 unspecified atom stereocenters. The molecule has 0 atom stereocenters. The Morgan fingerprint density at radius 1 is 1.33 bits per heavy atom. The fourth-order valence-electron chi connectivity index (χ4n) is 2.75. The van der Waals surface area contributed by atoms with E-state index in [0.717, 1.165) is 4.47 Å². The lowest BCUT2D eigenvalue weighted by molar-refractivity contribution is -0.0147. The number of rotatable bonds is 8. The number of nitrogens with one attached hydrogen (secondary N) is 2. The lowest BCUT2D eigenvalue weighted by atomic mass is 10.1. The van der Waals surface area contributed by atoms with Gasteiger partial charge < -0.3 is 14.6 Å². The largest absolute Gasteiger partial charge is 0.376 e. The van der Waals surface area contributed by atoms with Gasteiger partial charge in [-0.1, -0.05) is 27.5 Å². The Labute approximate surface area is 186 Å². The summed E-state index contributed by atoms with van der Waals surface area (Å²) in [7, 11) is 1.72. The van der Waals surface area contributed by atoms with Crippen LogP contribution in [0, 0.1) is 5.82 Å². The number of fused-ring (bicyclic) bond motifs is 1. The number of imidazole rings is 1. The van der Waals surface area contributed by atoms with Gasteiger partial charge in [-0.2, -0.15) is 0 Å². The van der Waals surface area contributed by atoms with Crippen LogP contribution in [0.4, 0.5) is 15.8 Å². The average molecular weight is 500 g/mol. The first-order valence-electron chi connectivity index (χ1n) is 9.17. The van der Waals surface area contributed by atoms with Gasteiger partial charge in [0.15, 0.2) is 5.82 Å². The molecule has 10 heteroatoms. The summed E-state index contributed by atoms with van der Waals surface area (Å²) in [5, 5.41) is 3.28. The van der Waals surface area contributed by atoms with Crippen molar-refractivity contribution in [1.82, 2.24) is 15.0 Å². The normalized spacial score (nSPS) is 11.3. The molecule has 30 heavy (non-hydrogen) atoms. The second-order valence-electron chi connectivity index (χ2n) is 6.78. The third-order valence-corrected chi connectivity index (χ3v) is 5.00. The van der Waals surface area contributed by atoms with Crippen LogP contribution in [-0.4, -0.2) is 34.8 Å². The summed E-state index contributed by atoms with van der Waals surface area (Å²) >= 11 is 9.59. The van der Waals surface area contributed by atoms with Crippen molar-refractivity contribution in [2.24, 2.45) is 7.05 Å². The average Bonchev–Trinajstić information content (AvgIpc) is 3.06. The Kier molecular flexibility index (Phi) is 7.30. The fourth-order valence-corrected chi connectivity index (χ4v) is 3.47. The van der Waals surface area contributed by atoms with Gasteiger partial charge in [-0.05, 0) is 38.1 Å². The number of hydroxylamine groups is 1. The van der Waals surface area contributed by atoms with Crippen LogP contribution in [0.3, 0.4) is 0 Å². The van der Waals surface area contributed by atoms with Crippen molar-refractivity contribution in [2.45, 2.75) is 20.0 Å². The highest BCUT2D eigenvalue weighted by Gasteiger charge is 2.22. The highest BCUT2D eigenvalue weighted by atomic mass is 79.9. The van der Waals surface area contributed by atoms with Crippen molar-refractivity contribution in [2.75, 3.05) is 18.5 Å². The molecule has 2 aromatic carbocycles. The van der Waals surface area contributed by atoms with E-state index < -0.39 is 11.7 Å². The third-order valence-electron chi connectivity index (χ3n) is 4.20. The molecule has 0 saturated heterocycles. The quantitative estimate of drug-likeness (QED) is 0.338. The van der Waals surface area contributed by atoms with Crippen molar-refractivity contribution < 1.29 is 18.8 Å².